The molecule has 0 bridgehead atoms. The molecule has 38 heavy (non-hydrogen) atoms. The molecule has 3 fully saturated rings. The lowest BCUT2D eigenvalue weighted by molar-refractivity contribution is -0.134. The fraction of sp³-hybridized carbons (Fsp3) is 0.815. The van der Waals surface area contributed by atoms with Crippen molar-refractivity contribution in [2.24, 2.45) is 11.8 Å². The Morgan fingerprint density at radius 2 is 1.61 bits per heavy atom. The van der Waals surface area contributed by atoms with Crippen molar-refractivity contribution in [1.82, 2.24) is 31.1 Å². The van der Waals surface area contributed by atoms with Gasteiger partial charge in [-0.15, -0.1) is 0 Å². The summed E-state index contributed by atoms with van der Waals surface area (Å²) >= 11 is 0. The first-order valence-corrected chi connectivity index (χ1v) is 13.9. The highest BCUT2D eigenvalue weighted by molar-refractivity contribution is 5.94. The molecular formula is C27H46N6O5. The summed E-state index contributed by atoms with van der Waals surface area (Å²) in [4.78, 5) is 69.6. The molecule has 0 spiro atoms. The monoisotopic (exact) mass is 534 g/mol. The molecule has 4 N–H and O–H groups in total. The Morgan fingerprint density at radius 1 is 0.974 bits per heavy atom. The van der Waals surface area contributed by atoms with Gasteiger partial charge in [-0.2, -0.15) is 0 Å². The number of nitrogens with one attached hydrogen (secondary N) is 4. The molecule has 5 amide bonds. The zero-order valence-electron chi connectivity index (χ0n) is 23.9. The quantitative estimate of drug-likeness (QED) is 0.370. The Hall–Kier alpha value is -2.69. The standard InChI is InChI=1S/C27H46N6O5/c1-15(2)11-17-24(36)29-14-21(35)33-19(12-16(3)4)22(33)23(26(38)31-27(5,6)7)32-10-8-9-18(32)25(37)28-13-20(34)30-17/h15-19,22-23H,8-14H2,1-7H3,(H,28,37)(H,29,36)(H,30,34)(H,31,38). The Labute approximate surface area is 226 Å². The van der Waals surface area contributed by atoms with Crippen LogP contribution in [0.4, 0.5) is 0 Å². The maximum Gasteiger partial charge on any atom is 0.243 e. The van der Waals surface area contributed by atoms with Crippen LogP contribution in [0, 0.1) is 11.8 Å². The Bertz CT molecular complexity index is 929. The topological polar surface area (TPSA) is 140 Å². The highest BCUT2D eigenvalue weighted by Crippen LogP contribution is 2.40. The lowest BCUT2D eigenvalue weighted by Gasteiger charge is -2.34. The molecule has 11 nitrogen and oxygen atoms in total. The number of amides is 5. The molecule has 3 rings (SSSR count). The lowest BCUT2D eigenvalue weighted by atomic mass is 9.99. The van der Waals surface area contributed by atoms with Gasteiger partial charge in [-0.3, -0.25) is 28.9 Å². The molecule has 0 aliphatic carbocycles. The summed E-state index contributed by atoms with van der Waals surface area (Å²) in [5, 5.41) is 11.2. The largest absolute Gasteiger partial charge is 0.350 e. The number of rotatable bonds is 5. The van der Waals surface area contributed by atoms with Gasteiger partial charge in [0.05, 0.1) is 31.2 Å². The summed E-state index contributed by atoms with van der Waals surface area (Å²) in [5.74, 6) is -1.33. The highest BCUT2D eigenvalue weighted by Gasteiger charge is 2.59. The van der Waals surface area contributed by atoms with Crippen LogP contribution in [0.15, 0.2) is 0 Å². The summed E-state index contributed by atoms with van der Waals surface area (Å²) < 4.78 is 0. The second-order valence-corrected chi connectivity index (χ2v) is 12.8. The van der Waals surface area contributed by atoms with Crippen LogP contribution >= 0.6 is 0 Å². The predicted molar refractivity (Wildman–Crippen MR) is 143 cm³/mol. The first kappa shape index (κ1) is 29.9. The van der Waals surface area contributed by atoms with Gasteiger partial charge in [0.1, 0.15) is 12.1 Å². The Kier molecular flexibility index (Phi) is 9.43. The summed E-state index contributed by atoms with van der Waals surface area (Å²) in [5.41, 5.74) is -0.500. The van der Waals surface area contributed by atoms with Crippen molar-refractivity contribution in [2.45, 2.75) is 110 Å². The second-order valence-electron chi connectivity index (χ2n) is 12.8. The third-order valence-corrected chi connectivity index (χ3v) is 7.22. The van der Waals surface area contributed by atoms with Crippen molar-refractivity contribution in [2.75, 3.05) is 19.6 Å². The zero-order chi connectivity index (χ0) is 28.4. The van der Waals surface area contributed by atoms with Crippen molar-refractivity contribution >= 4 is 29.5 Å². The fourth-order valence-corrected chi connectivity index (χ4v) is 5.71. The molecule has 0 aromatic heterocycles. The summed E-state index contributed by atoms with van der Waals surface area (Å²) in [6.45, 7) is 13.8. The van der Waals surface area contributed by atoms with Crippen molar-refractivity contribution in [3.05, 3.63) is 0 Å². The maximum absolute atomic E-state index is 13.7. The summed E-state index contributed by atoms with van der Waals surface area (Å²) in [6.07, 6.45) is 2.39. The van der Waals surface area contributed by atoms with E-state index in [0.29, 0.717) is 25.8 Å². The smallest absolute Gasteiger partial charge is 0.243 e. The van der Waals surface area contributed by atoms with Crippen LogP contribution in [0.25, 0.3) is 0 Å². The van der Waals surface area contributed by atoms with E-state index in [4.69, 9.17) is 0 Å². The van der Waals surface area contributed by atoms with Gasteiger partial charge in [0.15, 0.2) is 0 Å². The van der Waals surface area contributed by atoms with Gasteiger partial charge in [-0.05, 0) is 64.8 Å². The molecule has 11 heteroatoms. The first-order chi connectivity index (χ1) is 17.7. The van der Waals surface area contributed by atoms with E-state index in [1.165, 1.54) is 0 Å². The summed E-state index contributed by atoms with van der Waals surface area (Å²) in [7, 11) is 0. The zero-order valence-corrected chi connectivity index (χ0v) is 23.9. The normalized spacial score (nSPS) is 29.6. The third-order valence-electron chi connectivity index (χ3n) is 7.22. The Balaban J connectivity index is 1.98. The van der Waals surface area contributed by atoms with Crippen molar-refractivity contribution in [3.8, 4) is 0 Å². The van der Waals surface area contributed by atoms with Gasteiger partial charge in [-0.1, -0.05) is 27.7 Å². The average molecular weight is 535 g/mol. The molecule has 0 radical (unpaired) electrons. The highest BCUT2D eigenvalue weighted by atomic mass is 16.2. The molecule has 3 saturated heterocycles. The first-order valence-electron chi connectivity index (χ1n) is 13.9. The van der Waals surface area contributed by atoms with E-state index in [0.717, 1.165) is 6.42 Å². The van der Waals surface area contributed by atoms with Gasteiger partial charge in [-0.25, -0.2) is 0 Å². The molecule has 0 aromatic rings. The van der Waals surface area contributed by atoms with Crippen LogP contribution in [0.5, 0.6) is 0 Å². The van der Waals surface area contributed by atoms with Crippen LogP contribution in [0.1, 0.15) is 74.1 Å². The molecule has 214 valence electrons. The van der Waals surface area contributed by atoms with E-state index in [9.17, 15) is 24.0 Å². The number of carbonyl (C=O) groups is 5. The minimum absolute atomic E-state index is 0.125. The number of carbonyl (C=O) groups excluding carboxylic acids is 5. The van der Waals surface area contributed by atoms with Crippen LogP contribution in [-0.2, 0) is 24.0 Å². The van der Waals surface area contributed by atoms with Gasteiger partial charge < -0.3 is 26.2 Å². The predicted octanol–water partition coefficient (Wildman–Crippen LogP) is 0.137. The molecule has 3 aliphatic rings. The molecule has 3 heterocycles. The SMILES string of the molecule is CC(C)CC1NC(=O)CNC(=O)C2CCCN2C(C(=O)NC(C)(C)C)C2C(CC(C)C)N2C(=O)CNC1=O. The number of hydrogen-bond acceptors (Lipinski definition) is 6. The van der Waals surface area contributed by atoms with Gasteiger partial charge >= 0.3 is 0 Å². The van der Waals surface area contributed by atoms with E-state index in [-0.39, 0.29) is 48.7 Å². The number of hydrogen-bond donors (Lipinski definition) is 4. The van der Waals surface area contributed by atoms with E-state index in [1.54, 1.807) is 4.90 Å². The molecular weight excluding hydrogens is 488 g/mol. The van der Waals surface area contributed by atoms with Crippen molar-refractivity contribution in [1.29, 1.82) is 0 Å². The fourth-order valence-electron chi connectivity index (χ4n) is 5.71. The van der Waals surface area contributed by atoms with Crippen molar-refractivity contribution < 1.29 is 24.0 Å². The number of fused-ring (bicyclic) bond motifs is 2. The van der Waals surface area contributed by atoms with Gasteiger partial charge in [0, 0.05) is 5.54 Å². The molecule has 5 atom stereocenters. The van der Waals surface area contributed by atoms with Gasteiger partial charge in [0.25, 0.3) is 0 Å². The summed E-state index contributed by atoms with van der Waals surface area (Å²) in [6, 6.07) is -2.70. The van der Waals surface area contributed by atoms with Crippen LogP contribution in [-0.4, -0.2) is 94.7 Å². The van der Waals surface area contributed by atoms with Crippen molar-refractivity contribution in [3.63, 3.8) is 0 Å². The minimum atomic E-state index is -0.818. The minimum Gasteiger partial charge on any atom is -0.350 e. The van der Waals surface area contributed by atoms with E-state index in [1.807, 2.05) is 39.5 Å². The third kappa shape index (κ3) is 7.45. The van der Waals surface area contributed by atoms with Crippen LogP contribution < -0.4 is 21.3 Å². The molecule has 3 aliphatic heterocycles. The average Bonchev–Trinajstić information content (AvgIpc) is 3.23. The van der Waals surface area contributed by atoms with E-state index < -0.39 is 41.5 Å². The van der Waals surface area contributed by atoms with Crippen LogP contribution in [0.2, 0.25) is 0 Å². The molecule has 0 aromatic carbocycles. The number of nitrogens with zero attached hydrogens (tertiary/aromatic N) is 2. The van der Waals surface area contributed by atoms with E-state index >= 15 is 0 Å². The maximum atomic E-state index is 13.7. The van der Waals surface area contributed by atoms with E-state index in [2.05, 4.69) is 35.1 Å². The molecule has 5 unspecified atom stereocenters. The molecule has 0 saturated carbocycles. The lowest BCUT2D eigenvalue weighted by Crippen LogP contribution is -2.59. The van der Waals surface area contributed by atoms with Crippen LogP contribution in [0.3, 0.4) is 0 Å². The second kappa shape index (κ2) is 12.0. The Morgan fingerprint density at radius 3 is 2.21 bits per heavy atom. The van der Waals surface area contributed by atoms with Gasteiger partial charge in [0.2, 0.25) is 29.5 Å².